The van der Waals surface area contributed by atoms with Crippen molar-refractivity contribution >= 4 is 29.9 Å². The van der Waals surface area contributed by atoms with Gasteiger partial charge in [0, 0.05) is 32.2 Å². The summed E-state index contributed by atoms with van der Waals surface area (Å²) < 4.78 is 24.1. The number of hydrogen-bond acceptors (Lipinski definition) is 4. The van der Waals surface area contributed by atoms with Crippen molar-refractivity contribution < 1.29 is 19.0 Å². The molecule has 2 unspecified atom stereocenters. The average molecular weight is 481 g/mol. The SMILES string of the molecule is CN=C(NCC(C)Oc1ccc(F)cc1)NCC1(CCO)CCOC1.I. The van der Waals surface area contributed by atoms with Gasteiger partial charge in [0.05, 0.1) is 13.2 Å². The van der Waals surface area contributed by atoms with Crippen LogP contribution in [0.25, 0.3) is 0 Å². The number of aliphatic imine (C=N–C) groups is 1. The fourth-order valence-corrected chi connectivity index (χ4v) is 2.83. The van der Waals surface area contributed by atoms with E-state index in [1.54, 1.807) is 19.2 Å². The number of rotatable bonds is 8. The zero-order valence-electron chi connectivity index (χ0n) is 15.3. The Morgan fingerprint density at radius 1 is 1.38 bits per heavy atom. The van der Waals surface area contributed by atoms with Gasteiger partial charge < -0.3 is 25.2 Å². The Kier molecular flexibility index (Phi) is 10.2. The topological polar surface area (TPSA) is 75.1 Å². The van der Waals surface area contributed by atoms with Gasteiger partial charge >= 0.3 is 0 Å². The summed E-state index contributed by atoms with van der Waals surface area (Å²) in [6, 6.07) is 5.97. The monoisotopic (exact) mass is 481 g/mol. The highest BCUT2D eigenvalue weighted by Gasteiger charge is 2.34. The molecule has 0 aromatic heterocycles. The highest BCUT2D eigenvalue weighted by molar-refractivity contribution is 14.0. The van der Waals surface area contributed by atoms with Gasteiger partial charge in [0.25, 0.3) is 0 Å². The van der Waals surface area contributed by atoms with E-state index in [9.17, 15) is 9.50 Å². The highest BCUT2D eigenvalue weighted by atomic mass is 127. The third-order valence-electron chi connectivity index (χ3n) is 4.39. The van der Waals surface area contributed by atoms with Crippen molar-refractivity contribution in [3.05, 3.63) is 30.1 Å². The molecule has 6 nitrogen and oxygen atoms in total. The molecule has 1 aromatic rings. The lowest BCUT2D eigenvalue weighted by Gasteiger charge is -2.28. The molecule has 0 bridgehead atoms. The summed E-state index contributed by atoms with van der Waals surface area (Å²) in [4.78, 5) is 4.22. The third-order valence-corrected chi connectivity index (χ3v) is 4.39. The Labute approximate surface area is 171 Å². The van der Waals surface area contributed by atoms with Crippen LogP contribution in [0.3, 0.4) is 0 Å². The van der Waals surface area contributed by atoms with E-state index in [4.69, 9.17) is 9.47 Å². The van der Waals surface area contributed by atoms with Gasteiger partial charge in [0.1, 0.15) is 17.7 Å². The minimum absolute atomic E-state index is 0. The molecule has 1 aliphatic rings. The van der Waals surface area contributed by atoms with E-state index in [0.717, 1.165) is 13.0 Å². The molecule has 2 rings (SSSR count). The van der Waals surface area contributed by atoms with Crippen LogP contribution in [0.5, 0.6) is 5.75 Å². The number of nitrogens with one attached hydrogen (secondary N) is 2. The van der Waals surface area contributed by atoms with Gasteiger partial charge in [-0.15, -0.1) is 24.0 Å². The zero-order valence-corrected chi connectivity index (χ0v) is 17.7. The van der Waals surface area contributed by atoms with Crippen molar-refractivity contribution in [3.63, 3.8) is 0 Å². The van der Waals surface area contributed by atoms with Crippen molar-refractivity contribution in [2.24, 2.45) is 10.4 Å². The maximum absolute atomic E-state index is 12.9. The van der Waals surface area contributed by atoms with Gasteiger partial charge in [-0.1, -0.05) is 0 Å². The molecule has 0 radical (unpaired) electrons. The second-order valence-corrected chi connectivity index (χ2v) is 6.47. The van der Waals surface area contributed by atoms with Gasteiger partial charge in [-0.05, 0) is 44.0 Å². The summed E-state index contributed by atoms with van der Waals surface area (Å²) in [5, 5.41) is 15.8. The smallest absolute Gasteiger partial charge is 0.191 e. The molecule has 0 spiro atoms. The minimum atomic E-state index is -0.282. The standard InChI is InChI=1S/C18H28FN3O3.HI/c1-14(25-16-5-3-15(19)4-6-16)11-21-17(20-2)22-12-18(7-9-23)8-10-24-13-18;/h3-6,14,23H,7-13H2,1-2H3,(H2,20,21,22);1H. The van der Waals surface area contributed by atoms with Crippen LogP contribution in [-0.2, 0) is 4.74 Å². The summed E-state index contributed by atoms with van der Waals surface area (Å²) >= 11 is 0. The third kappa shape index (κ3) is 7.24. The largest absolute Gasteiger partial charge is 0.489 e. The summed E-state index contributed by atoms with van der Waals surface area (Å²) in [6.07, 6.45) is 1.54. The Balaban J connectivity index is 0.00000338. The number of hydrogen-bond donors (Lipinski definition) is 3. The van der Waals surface area contributed by atoms with Gasteiger partial charge in [-0.25, -0.2) is 4.39 Å². The lowest BCUT2D eigenvalue weighted by molar-refractivity contribution is 0.127. The molecule has 2 atom stereocenters. The molecular formula is C18H29FIN3O3. The van der Waals surface area contributed by atoms with Gasteiger partial charge in [0.15, 0.2) is 5.96 Å². The van der Waals surface area contributed by atoms with Gasteiger partial charge in [-0.3, -0.25) is 4.99 Å². The van der Waals surface area contributed by atoms with Crippen LogP contribution in [0, 0.1) is 11.2 Å². The van der Waals surface area contributed by atoms with E-state index in [1.165, 1.54) is 12.1 Å². The average Bonchev–Trinajstić information content (AvgIpc) is 3.06. The number of ether oxygens (including phenoxy) is 2. The number of halogens is 2. The first-order valence-electron chi connectivity index (χ1n) is 8.62. The predicted octanol–water partition coefficient (Wildman–Crippen LogP) is 2.17. The molecule has 0 amide bonds. The van der Waals surface area contributed by atoms with E-state index in [-0.39, 0.29) is 47.9 Å². The zero-order chi connectivity index (χ0) is 18.1. The summed E-state index contributed by atoms with van der Waals surface area (Å²) in [5.41, 5.74) is -0.0391. The number of guanidine groups is 1. The molecule has 0 saturated carbocycles. The van der Waals surface area contributed by atoms with Crippen molar-refractivity contribution in [1.29, 1.82) is 0 Å². The van der Waals surface area contributed by atoms with Crippen molar-refractivity contribution in [1.82, 2.24) is 10.6 Å². The highest BCUT2D eigenvalue weighted by Crippen LogP contribution is 2.31. The molecular weight excluding hydrogens is 452 g/mol. The number of nitrogens with zero attached hydrogens (tertiary/aromatic N) is 1. The van der Waals surface area contributed by atoms with E-state index < -0.39 is 0 Å². The molecule has 3 N–H and O–H groups in total. The van der Waals surface area contributed by atoms with Crippen molar-refractivity contribution in [2.75, 3.05) is 40.0 Å². The van der Waals surface area contributed by atoms with E-state index in [0.29, 0.717) is 37.8 Å². The Morgan fingerprint density at radius 3 is 2.69 bits per heavy atom. The minimum Gasteiger partial charge on any atom is -0.489 e. The van der Waals surface area contributed by atoms with E-state index >= 15 is 0 Å². The maximum Gasteiger partial charge on any atom is 0.191 e. The molecule has 1 aliphatic heterocycles. The Morgan fingerprint density at radius 2 is 2.12 bits per heavy atom. The second-order valence-electron chi connectivity index (χ2n) is 6.47. The molecule has 0 aliphatic carbocycles. The first kappa shape index (κ1) is 22.9. The first-order chi connectivity index (χ1) is 12.1. The molecule has 8 heteroatoms. The van der Waals surface area contributed by atoms with E-state index in [1.807, 2.05) is 6.92 Å². The Hall–Kier alpha value is -1.13. The van der Waals surface area contributed by atoms with Gasteiger partial charge in [0.2, 0.25) is 0 Å². The Bertz CT molecular complexity index is 551. The molecule has 1 fully saturated rings. The number of aliphatic hydroxyl groups excluding tert-OH is 1. The van der Waals surface area contributed by atoms with Crippen LogP contribution in [0.4, 0.5) is 4.39 Å². The normalized spacial score (nSPS) is 21.0. The molecule has 1 aromatic carbocycles. The quantitative estimate of drug-likeness (QED) is 0.302. The van der Waals surface area contributed by atoms with Crippen molar-refractivity contribution in [2.45, 2.75) is 25.9 Å². The van der Waals surface area contributed by atoms with Crippen LogP contribution in [-0.4, -0.2) is 57.1 Å². The molecule has 1 saturated heterocycles. The van der Waals surface area contributed by atoms with Crippen LogP contribution in [0.1, 0.15) is 19.8 Å². The van der Waals surface area contributed by atoms with Crippen LogP contribution < -0.4 is 15.4 Å². The van der Waals surface area contributed by atoms with Crippen molar-refractivity contribution in [3.8, 4) is 5.75 Å². The lowest BCUT2D eigenvalue weighted by Crippen LogP contribution is -2.46. The summed E-state index contributed by atoms with van der Waals surface area (Å²) in [5.74, 6) is 1.03. The lowest BCUT2D eigenvalue weighted by atomic mass is 9.84. The number of benzene rings is 1. The van der Waals surface area contributed by atoms with E-state index in [2.05, 4.69) is 15.6 Å². The fraction of sp³-hybridized carbons (Fsp3) is 0.611. The number of aliphatic hydroxyl groups is 1. The fourth-order valence-electron chi connectivity index (χ4n) is 2.83. The summed E-state index contributed by atoms with van der Waals surface area (Å²) in [6.45, 7) is 4.72. The molecule has 1 heterocycles. The van der Waals surface area contributed by atoms with Gasteiger partial charge in [-0.2, -0.15) is 0 Å². The van der Waals surface area contributed by atoms with Crippen LogP contribution in [0.15, 0.2) is 29.3 Å². The maximum atomic E-state index is 12.9. The second kappa shape index (κ2) is 11.6. The first-order valence-corrected chi connectivity index (χ1v) is 8.62. The predicted molar refractivity (Wildman–Crippen MR) is 111 cm³/mol. The molecule has 26 heavy (non-hydrogen) atoms. The summed E-state index contributed by atoms with van der Waals surface area (Å²) in [7, 11) is 1.71. The van der Waals surface area contributed by atoms with Crippen LogP contribution >= 0.6 is 24.0 Å². The molecule has 148 valence electrons. The van der Waals surface area contributed by atoms with Crippen LogP contribution in [0.2, 0.25) is 0 Å².